The van der Waals surface area contributed by atoms with Gasteiger partial charge in [0.05, 0.1) is 30.5 Å². The SMILES string of the molecule is CCCCCCOC(=O)/N=c1/cnn(-c2ccccc2)c(OCCCC)c1. The predicted molar refractivity (Wildman–Crippen MR) is 105 cm³/mol. The normalized spacial score (nSPS) is 11.4. The van der Waals surface area contributed by atoms with Crippen molar-refractivity contribution < 1.29 is 14.3 Å². The molecule has 0 aliphatic rings. The van der Waals surface area contributed by atoms with E-state index in [1.807, 2.05) is 30.3 Å². The van der Waals surface area contributed by atoms with Crippen molar-refractivity contribution in [3.63, 3.8) is 0 Å². The lowest BCUT2D eigenvalue weighted by molar-refractivity contribution is 0.154. The minimum absolute atomic E-state index is 0.395. The fourth-order valence-corrected chi connectivity index (χ4v) is 2.47. The highest BCUT2D eigenvalue weighted by Gasteiger charge is 2.07. The summed E-state index contributed by atoms with van der Waals surface area (Å²) in [5.41, 5.74) is 0.883. The molecule has 0 saturated heterocycles. The first-order valence-corrected chi connectivity index (χ1v) is 9.73. The van der Waals surface area contributed by atoms with E-state index in [4.69, 9.17) is 9.47 Å². The molecule has 27 heavy (non-hydrogen) atoms. The fraction of sp³-hybridized carbons (Fsp3) is 0.476. The number of benzene rings is 1. The molecule has 1 aromatic carbocycles. The van der Waals surface area contributed by atoms with Crippen molar-refractivity contribution in [3.8, 4) is 11.6 Å². The third kappa shape index (κ3) is 7.25. The lowest BCUT2D eigenvalue weighted by atomic mass is 10.2. The second kappa shape index (κ2) is 11.9. The lowest BCUT2D eigenvalue weighted by Gasteiger charge is -2.13. The van der Waals surface area contributed by atoms with Crippen LogP contribution in [0.15, 0.2) is 47.6 Å². The first-order valence-electron chi connectivity index (χ1n) is 9.73. The van der Waals surface area contributed by atoms with Gasteiger partial charge >= 0.3 is 6.09 Å². The molecule has 0 atom stereocenters. The molecule has 0 saturated carbocycles. The maximum absolute atomic E-state index is 11.9. The van der Waals surface area contributed by atoms with Crippen molar-refractivity contribution in [2.24, 2.45) is 4.99 Å². The van der Waals surface area contributed by atoms with Crippen LogP contribution in [0, 0.1) is 0 Å². The molecule has 0 N–H and O–H groups in total. The zero-order chi connectivity index (χ0) is 19.3. The fourth-order valence-electron chi connectivity index (χ4n) is 2.47. The van der Waals surface area contributed by atoms with Crippen molar-refractivity contribution in [3.05, 3.63) is 48.0 Å². The summed E-state index contributed by atoms with van der Waals surface area (Å²) in [6.07, 6.45) is 7.14. The molecule has 1 amide bonds. The Balaban J connectivity index is 2.12. The van der Waals surface area contributed by atoms with E-state index >= 15 is 0 Å². The smallest absolute Gasteiger partial charge is 0.434 e. The molecule has 0 radical (unpaired) electrons. The van der Waals surface area contributed by atoms with Gasteiger partial charge in [-0.2, -0.15) is 10.1 Å². The number of nitrogens with zero attached hydrogens (tertiary/aromatic N) is 3. The van der Waals surface area contributed by atoms with Gasteiger partial charge in [-0.1, -0.05) is 57.7 Å². The van der Waals surface area contributed by atoms with Gasteiger partial charge in [-0.05, 0) is 25.0 Å². The number of unbranched alkanes of at least 4 members (excludes halogenated alkanes) is 4. The number of ether oxygens (including phenoxy) is 2. The highest BCUT2D eigenvalue weighted by Crippen LogP contribution is 2.14. The maximum atomic E-state index is 11.9. The standard InChI is InChI=1S/C21H29N3O3/c1-3-5-7-11-15-27-21(25)23-18-16-20(26-14-6-4-2)24(22-17-18)19-12-9-8-10-13-19/h8-10,12-13,16-17H,3-7,11,14-15H2,1-2H3/b23-18+. The number of aromatic nitrogens is 2. The molecule has 0 unspecified atom stereocenters. The van der Waals surface area contributed by atoms with Gasteiger partial charge in [0.25, 0.3) is 0 Å². The molecular weight excluding hydrogens is 342 g/mol. The Hall–Kier alpha value is -2.63. The molecule has 0 fully saturated rings. The average Bonchev–Trinajstić information content (AvgIpc) is 2.69. The zero-order valence-corrected chi connectivity index (χ0v) is 16.3. The molecule has 2 rings (SSSR count). The lowest BCUT2D eigenvalue weighted by Crippen LogP contribution is -2.16. The van der Waals surface area contributed by atoms with Gasteiger partial charge in [0.2, 0.25) is 5.88 Å². The molecule has 0 spiro atoms. The third-order valence-electron chi connectivity index (χ3n) is 3.98. The first kappa shape index (κ1) is 20.7. The summed E-state index contributed by atoms with van der Waals surface area (Å²) in [7, 11) is 0. The number of para-hydroxylation sites is 1. The van der Waals surface area contributed by atoms with Gasteiger partial charge in [-0.25, -0.2) is 9.48 Å². The van der Waals surface area contributed by atoms with E-state index in [9.17, 15) is 4.79 Å². The van der Waals surface area contributed by atoms with Gasteiger partial charge < -0.3 is 9.47 Å². The molecule has 0 aliphatic heterocycles. The Bertz CT molecular complexity index is 757. The van der Waals surface area contributed by atoms with Crippen molar-refractivity contribution >= 4 is 6.09 Å². The van der Waals surface area contributed by atoms with Gasteiger partial charge in [0.15, 0.2) is 0 Å². The van der Waals surface area contributed by atoms with Gasteiger partial charge in [-0.3, -0.25) is 0 Å². The van der Waals surface area contributed by atoms with E-state index < -0.39 is 6.09 Å². The Kier molecular flexibility index (Phi) is 9.10. The first-order chi connectivity index (χ1) is 13.2. The monoisotopic (exact) mass is 371 g/mol. The third-order valence-corrected chi connectivity index (χ3v) is 3.98. The van der Waals surface area contributed by atoms with Crippen LogP contribution in [0.3, 0.4) is 0 Å². The molecule has 146 valence electrons. The van der Waals surface area contributed by atoms with Crippen molar-refractivity contribution in [1.82, 2.24) is 9.78 Å². The molecule has 0 bridgehead atoms. The highest BCUT2D eigenvalue weighted by molar-refractivity contribution is 5.68. The molecule has 6 heteroatoms. The van der Waals surface area contributed by atoms with Gasteiger partial charge in [-0.15, -0.1) is 0 Å². The van der Waals surface area contributed by atoms with Gasteiger partial charge in [0, 0.05) is 6.07 Å². The van der Waals surface area contributed by atoms with E-state index in [0.29, 0.717) is 24.5 Å². The van der Waals surface area contributed by atoms with Crippen molar-refractivity contribution in [2.75, 3.05) is 13.2 Å². The Morgan fingerprint density at radius 1 is 1.04 bits per heavy atom. The second-order valence-electron chi connectivity index (χ2n) is 6.29. The van der Waals surface area contributed by atoms with Crippen LogP contribution in [0.5, 0.6) is 5.88 Å². The summed E-state index contributed by atoms with van der Waals surface area (Å²) < 4.78 is 12.7. The molecule has 1 heterocycles. The Morgan fingerprint density at radius 3 is 2.56 bits per heavy atom. The number of rotatable bonds is 10. The predicted octanol–water partition coefficient (Wildman–Crippen LogP) is 4.67. The molecule has 2 aromatic rings. The van der Waals surface area contributed by atoms with Crippen LogP contribution >= 0.6 is 0 Å². The van der Waals surface area contributed by atoms with Crippen molar-refractivity contribution in [2.45, 2.75) is 52.4 Å². The summed E-state index contributed by atoms with van der Waals surface area (Å²) in [6, 6.07) is 11.4. The van der Waals surface area contributed by atoms with E-state index in [2.05, 4.69) is 23.9 Å². The van der Waals surface area contributed by atoms with Gasteiger partial charge in [0.1, 0.15) is 0 Å². The van der Waals surface area contributed by atoms with Crippen LogP contribution in [-0.4, -0.2) is 29.1 Å². The van der Waals surface area contributed by atoms with Crippen molar-refractivity contribution in [1.29, 1.82) is 0 Å². The highest BCUT2D eigenvalue weighted by atomic mass is 16.5. The van der Waals surface area contributed by atoms with Crippen LogP contribution in [0.2, 0.25) is 0 Å². The summed E-state index contributed by atoms with van der Waals surface area (Å²) in [5, 5.41) is 4.81. The number of carbonyl (C=O) groups excluding carboxylic acids is 1. The summed E-state index contributed by atoms with van der Waals surface area (Å²) in [4.78, 5) is 15.9. The Morgan fingerprint density at radius 2 is 1.81 bits per heavy atom. The van der Waals surface area contributed by atoms with E-state index in [0.717, 1.165) is 44.2 Å². The van der Waals surface area contributed by atoms with Crippen LogP contribution < -0.4 is 10.1 Å². The minimum Gasteiger partial charge on any atom is -0.478 e. The van der Waals surface area contributed by atoms with E-state index in [1.54, 1.807) is 10.7 Å². The summed E-state index contributed by atoms with van der Waals surface area (Å²) in [6.45, 7) is 5.23. The van der Waals surface area contributed by atoms with E-state index in [-0.39, 0.29) is 0 Å². The molecule has 6 nitrogen and oxygen atoms in total. The van der Waals surface area contributed by atoms with Crippen LogP contribution in [0.1, 0.15) is 52.4 Å². The minimum atomic E-state index is -0.592. The average molecular weight is 371 g/mol. The zero-order valence-electron chi connectivity index (χ0n) is 16.3. The largest absolute Gasteiger partial charge is 0.478 e. The molecular formula is C21H29N3O3. The van der Waals surface area contributed by atoms with E-state index in [1.165, 1.54) is 6.20 Å². The molecule has 0 aliphatic carbocycles. The number of hydrogen-bond acceptors (Lipinski definition) is 4. The van der Waals surface area contributed by atoms with Crippen LogP contribution in [0.4, 0.5) is 4.79 Å². The maximum Gasteiger partial charge on any atom is 0.434 e. The molecule has 1 aromatic heterocycles. The van der Waals surface area contributed by atoms with Crippen LogP contribution in [-0.2, 0) is 4.74 Å². The summed E-state index contributed by atoms with van der Waals surface area (Å²) in [5.74, 6) is 0.548. The number of amides is 1. The number of carbonyl (C=O) groups is 1. The van der Waals surface area contributed by atoms with Crippen LogP contribution in [0.25, 0.3) is 5.69 Å². The second-order valence-corrected chi connectivity index (χ2v) is 6.29. The summed E-state index contributed by atoms with van der Waals surface area (Å²) >= 11 is 0. The number of hydrogen-bond donors (Lipinski definition) is 0. The topological polar surface area (TPSA) is 65.7 Å². The quantitative estimate of drug-likeness (QED) is 0.569. The Labute approximate surface area is 160 Å².